The molecule has 1 aromatic carbocycles. The standard InChI is InChI=1S/C12H17IO2/c1-8(2)4-9-6-12(14)11(13)5-10(9)7-15-3/h5-6,8,14H,4,7H2,1-3H3. The summed E-state index contributed by atoms with van der Waals surface area (Å²) in [6.45, 7) is 4.95. The molecule has 0 fully saturated rings. The SMILES string of the molecule is COCc1cc(I)c(O)cc1CC(C)C. The first kappa shape index (κ1) is 12.8. The van der Waals surface area contributed by atoms with E-state index in [1.165, 1.54) is 11.1 Å². The molecule has 0 aromatic heterocycles. The van der Waals surface area contributed by atoms with Gasteiger partial charge in [-0.2, -0.15) is 0 Å². The largest absolute Gasteiger partial charge is 0.507 e. The highest BCUT2D eigenvalue weighted by atomic mass is 127. The van der Waals surface area contributed by atoms with Crippen LogP contribution in [0.3, 0.4) is 0 Å². The van der Waals surface area contributed by atoms with E-state index in [4.69, 9.17) is 4.74 Å². The fourth-order valence-electron chi connectivity index (χ4n) is 1.57. The van der Waals surface area contributed by atoms with Crippen LogP contribution in [-0.2, 0) is 17.8 Å². The molecule has 0 aliphatic heterocycles. The molecule has 0 saturated carbocycles. The fourth-order valence-corrected chi connectivity index (χ4v) is 2.10. The Morgan fingerprint density at radius 2 is 2.00 bits per heavy atom. The van der Waals surface area contributed by atoms with Gasteiger partial charge < -0.3 is 9.84 Å². The number of aromatic hydroxyl groups is 1. The minimum Gasteiger partial charge on any atom is -0.507 e. The Morgan fingerprint density at radius 3 is 2.53 bits per heavy atom. The van der Waals surface area contributed by atoms with Crippen molar-refractivity contribution in [3.63, 3.8) is 0 Å². The molecule has 84 valence electrons. The molecule has 0 aliphatic rings. The topological polar surface area (TPSA) is 29.5 Å². The van der Waals surface area contributed by atoms with Gasteiger partial charge in [-0.3, -0.25) is 0 Å². The Morgan fingerprint density at radius 1 is 1.33 bits per heavy atom. The van der Waals surface area contributed by atoms with Gasteiger partial charge in [0.1, 0.15) is 5.75 Å². The molecule has 15 heavy (non-hydrogen) atoms. The third kappa shape index (κ3) is 3.65. The summed E-state index contributed by atoms with van der Waals surface area (Å²) in [6, 6.07) is 3.85. The van der Waals surface area contributed by atoms with Gasteiger partial charge in [0.25, 0.3) is 0 Å². The number of rotatable bonds is 4. The molecule has 3 heteroatoms. The van der Waals surface area contributed by atoms with Crippen LogP contribution >= 0.6 is 22.6 Å². The third-order valence-corrected chi connectivity index (χ3v) is 3.06. The molecule has 0 amide bonds. The van der Waals surface area contributed by atoms with Crippen LogP contribution in [0.2, 0.25) is 0 Å². The van der Waals surface area contributed by atoms with E-state index in [0.717, 1.165) is 9.99 Å². The molecule has 0 saturated heterocycles. The van der Waals surface area contributed by atoms with Gasteiger partial charge in [-0.25, -0.2) is 0 Å². The van der Waals surface area contributed by atoms with Gasteiger partial charge in [-0.05, 0) is 58.2 Å². The lowest BCUT2D eigenvalue weighted by molar-refractivity contribution is 0.184. The molecule has 1 rings (SSSR count). The second-order valence-electron chi connectivity index (χ2n) is 4.10. The Balaban J connectivity index is 3.04. The van der Waals surface area contributed by atoms with Crippen LogP contribution in [0.4, 0.5) is 0 Å². The summed E-state index contributed by atoms with van der Waals surface area (Å²) in [7, 11) is 1.69. The Bertz CT molecular complexity index is 335. The molecular formula is C12H17IO2. The van der Waals surface area contributed by atoms with Crippen molar-refractivity contribution in [1.29, 1.82) is 0 Å². The predicted octanol–water partition coefficient (Wildman–Crippen LogP) is 3.34. The van der Waals surface area contributed by atoms with Crippen LogP contribution in [-0.4, -0.2) is 12.2 Å². The second kappa shape index (κ2) is 5.70. The van der Waals surface area contributed by atoms with Crippen LogP contribution in [0.1, 0.15) is 25.0 Å². The third-order valence-electron chi connectivity index (χ3n) is 2.20. The summed E-state index contributed by atoms with van der Waals surface area (Å²) < 4.78 is 6.04. The van der Waals surface area contributed by atoms with E-state index in [-0.39, 0.29) is 0 Å². The van der Waals surface area contributed by atoms with Gasteiger partial charge in [0.05, 0.1) is 10.2 Å². The van der Waals surface area contributed by atoms with Gasteiger partial charge in [0.2, 0.25) is 0 Å². The van der Waals surface area contributed by atoms with Crippen LogP contribution in [0.25, 0.3) is 0 Å². The number of hydrogen-bond donors (Lipinski definition) is 1. The van der Waals surface area contributed by atoms with Crippen molar-refractivity contribution in [3.05, 3.63) is 26.8 Å². The van der Waals surface area contributed by atoms with E-state index in [1.54, 1.807) is 7.11 Å². The summed E-state index contributed by atoms with van der Waals surface area (Å²) in [5, 5.41) is 9.66. The number of benzene rings is 1. The first-order valence-corrected chi connectivity index (χ1v) is 6.11. The summed E-state index contributed by atoms with van der Waals surface area (Å²) in [5.41, 5.74) is 2.36. The zero-order chi connectivity index (χ0) is 11.4. The Hall–Kier alpha value is -0.290. The lowest BCUT2D eigenvalue weighted by atomic mass is 9.98. The number of phenols is 1. The Labute approximate surface area is 105 Å². The summed E-state index contributed by atoms with van der Waals surface area (Å²) in [5.74, 6) is 0.950. The second-order valence-corrected chi connectivity index (χ2v) is 5.27. The summed E-state index contributed by atoms with van der Waals surface area (Å²) in [4.78, 5) is 0. The quantitative estimate of drug-likeness (QED) is 0.862. The lowest BCUT2D eigenvalue weighted by Crippen LogP contribution is -2.01. The highest BCUT2D eigenvalue weighted by Gasteiger charge is 2.09. The number of hydrogen-bond acceptors (Lipinski definition) is 2. The van der Waals surface area contributed by atoms with Crippen molar-refractivity contribution in [2.24, 2.45) is 5.92 Å². The molecule has 0 unspecified atom stereocenters. The van der Waals surface area contributed by atoms with Gasteiger partial charge in [0, 0.05) is 7.11 Å². The molecule has 0 radical (unpaired) electrons. The van der Waals surface area contributed by atoms with E-state index in [1.807, 2.05) is 12.1 Å². The minimum absolute atomic E-state index is 0.367. The molecular weight excluding hydrogens is 303 g/mol. The van der Waals surface area contributed by atoms with E-state index in [0.29, 0.717) is 18.3 Å². The van der Waals surface area contributed by atoms with Crippen molar-refractivity contribution in [3.8, 4) is 5.75 Å². The molecule has 0 atom stereocenters. The van der Waals surface area contributed by atoms with Gasteiger partial charge in [0.15, 0.2) is 0 Å². The normalized spacial score (nSPS) is 11.0. The number of phenolic OH excluding ortho intramolecular Hbond substituents is 1. The Kier molecular flexibility index (Phi) is 4.86. The molecule has 0 heterocycles. The van der Waals surface area contributed by atoms with E-state index < -0.39 is 0 Å². The number of ether oxygens (including phenoxy) is 1. The highest BCUT2D eigenvalue weighted by molar-refractivity contribution is 14.1. The number of methoxy groups -OCH3 is 1. The predicted molar refractivity (Wildman–Crippen MR) is 70.1 cm³/mol. The van der Waals surface area contributed by atoms with E-state index >= 15 is 0 Å². The van der Waals surface area contributed by atoms with Gasteiger partial charge in [-0.1, -0.05) is 13.8 Å². The summed E-state index contributed by atoms with van der Waals surface area (Å²) >= 11 is 2.13. The van der Waals surface area contributed by atoms with Crippen LogP contribution in [0.15, 0.2) is 12.1 Å². The minimum atomic E-state index is 0.367. The van der Waals surface area contributed by atoms with Crippen molar-refractivity contribution in [1.82, 2.24) is 0 Å². The van der Waals surface area contributed by atoms with E-state index in [9.17, 15) is 5.11 Å². The maximum absolute atomic E-state index is 9.66. The van der Waals surface area contributed by atoms with Gasteiger partial charge in [-0.15, -0.1) is 0 Å². The molecule has 0 spiro atoms. The molecule has 2 nitrogen and oxygen atoms in total. The van der Waals surface area contributed by atoms with Crippen molar-refractivity contribution < 1.29 is 9.84 Å². The van der Waals surface area contributed by atoms with Crippen LogP contribution in [0.5, 0.6) is 5.75 Å². The molecule has 0 bridgehead atoms. The molecule has 1 aromatic rings. The molecule has 1 N–H and O–H groups in total. The van der Waals surface area contributed by atoms with Crippen LogP contribution < -0.4 is 0 Å². The van der Waals surface area contributed by atoms with E-state index in [2.05, 4.69) is 36.4 Å². The average molecular weight is 320 g/mol. The van der Waals surface area contributed by atoms with Crippen LogP contribution in [0, 0.1) is 9.49 Å². The first-order chi connectivity index (χ1) is 7.04. The fraction of sp³-hybridized carbons (Fsp3) is 0.500. The summed E-state index contributed by atoms with van der Waals surface area (Å²) in [6.07, 6.45) is 0.975. The highest BCUT2D eigenvalue weighted by Crippen LogP contribution is 2.26. The van der Waals surface area contributed by atoms with Crippen molar-refractivity contribution in [2.45, 2.75) is 26.9 Å². The first-order valence-electron chi connectivity index (χ1n) is 5.03. The van der Waals surface area contributed by atoms with Crippen molar-refractivity contribution in [2.75, 3.05) is 7.11 Å². The van der Waals surface area contributed by atoms with Crippen molar-refractivity contribution >= 4 is 22.6 Å². The molecule has 0 aliphatic carbocycles. The zero-order valence-corrected chi connectivity index (χ0v) is 11.5. The maximum atomic E-state index is 9.66. The zero-order valence-electron chi connectivity index (χ0n) is 9.38. The van der Waals surface area contributed by atoms with Gasteiger partial charge >= 0.3 is 0 Å². The number of halogens is 1. The maximum Gasteiger partial charge on any atom is 0.129 e. The monoisotopic (exact) mass is 320 g/mol. The lowest BCUT2D eigenvalue weighted by Gasteiger charge is -2.12. The average Bonchev–Trinajstić information content (AvgIpc) is 2.13. The smallest absolute Gasteiger partial charge is 0.129 e.